The van der Waals surface area contributed by atoms with E-state index < -0.39 is 34.3 Å². The second-order valence-corrected chi connectivity index (χ2v) is 7.26. The molecule has 1 aromatic carbocycles. The van der Waals surface area contributed by atoms with Crippen molar-refractivity contribution in [3.05, 3.63) is 76.6 Å². The summed E-state index contributed by atoms with van der Waals surface area (Å²) in [5.41, 5.74) is -3.02. The Labute approximate surface area is 180 Å². The molecule has 1 aliphatic heterocycles. The number of rotatable bonds is 2. The van der Waals surface area contributed by atoms with Crippen molar-refractivity contribution < 1.29 is 14.6 Å². The van der Waals surface area contributed by atoms with Crippen LogP contribution in [0.4, 0.5) is 0 Å². The van der Waals surface area contributed by atoms with Crippen LogP contribution in [0.5, 0.6) is 23.3 Å². The fourth-order valence-corrected chi connectivity index (χ4v) is 3.90. The summed E-state index contributed by atoms with van der Waals surface area (Å²) in [6.07, 6.45) is 0. The van der Waals surface area contributed by atoms with Gasteiger partial charge in [-0.15, -0.1) is 0 Å². The number of hydrogen-bond acceptors (Lipinski definition) is 7. The minimum atomic E-state index is -1.18. The molecule has 170 valence electrons. The van der Waals surface area contributed by atoms with Crippen LogP contribution < -0.4 is 43.2 Å². The van der Waals surface area contributed by atoms with E-state index in [1.165, 1.54) is 35.3 Å². The molecule has 1 aliphatic rings. The smallest absolute Gasteiger partial charge is 0.333 e. The highest BCUT2D eigenvalue weighted by Gasteiger charge is 2.38. The SMILES string of the molecule is COc1cccc2c1Oc1c(c(=O)n(C)c(=O)n1C)C2c1c([O-])n(C)c(=O)n(C)c1=O.[NH4+]. The average molecular weight is 445 g/mol. The van der Waals surface area contributed by atoms with Crippen LogP contribution in [0.25, 0.3) is 0 Å². The molecule has 1 atom stereocenters. The topological polar surface area (TPSA) is 166 Å². The normalized spacial score (nSPS) is 14.1. The Morgan fingerprint density at radius 3 is 2.03 bits per heavy atom. The third kappa shape index (κ3) is 2.80. The van der Waals surface area contributed by atoms with E-state index in [0.717, 1.165) is 18.3 Å². The largest absolute Gasteiger partial charge is 0.860 e. The van der Waals surface area contributed by atoms with Crippen LogP contribution in [0.15, 0.2) is 37.4 Å². The van der Waals surface area contributed by atoms with Crippen molar-refractivity contribution >= 4 is 0 Å². The number of nitrogens with zero attached hydrogens (tertiary/aromatic N) is 4. The predicted octanol–water partition coefficient (Wildman–Crippen LogP) is -0.774. The molecule has 4 N–H and O–H groups in total. The summed E-state index contributed by atoms with van der Waals surface area (Å²) in [7, 11) is 6.62. The minimum absolute atomic E-state index is 0. The minimum Gasteiger partial charge on any atom is -0.860 e. The summed E-state index contributed by atoms with van der Waals surface area (Å²) < 4.78 is 14.9. The van der Waals surface area contributed by atoms with E-state index in [0.29, 0.717) is 5.56 Å². The molecule has 3 heterocycles. The summed E-state index contributed by atoms with van der Waals surface area (Å²) in [6, 6.07) is 4.83. The number of fused-ring (bicyclic) bond motifs is 2. The lowest BCUT2D eigenvalue weighted by atomic mass is 9.84. The Kier molecular flexibility index (Phi) is 5.35. The van der Waals surface area contributed by atoms with Crippen molar-refractivity contribution in [1.82, 2.24) is 24.4 Å². The quantitative estimate of drug-likeness (QED) is 0.423. The van der Waals surface area contributed by atoms with E-state index in [-0.39, 0.29) is 34.7 Å². The lowest BCUT2D eigenvalue weighted by Gasteiger charge is -2.32. The van der Waals surface area contributed by atoms with Crippen molar-refractivity contribution in [2.24, 2.45) is 28.2 Å². The zero-order valence-corrected chi connectivity index (χ0v) is 18.5. The van der Waals surface area contributed by atoms with Crippen LogP contribution in [-0.2, 0) is 28.2 Å². The highest BCUT2D eigenvalue weighted by Crippen LogP contribution is 2.49. The van der Waals surface area contributed by atoms with Gasteiger partial charge in [-0.1, -0.05) is 12.1 Å². The number of aromatic nitrogens is 4. The Balaban J connectivity index is 0.00000289. The molecule has 2 aromatic heterocycles. The van der Waals surface area contributed by atoms with Crippen LogP contribution in [0, 0.1) is 0 Å². The van der Waals surface area contributed by atoms with Crippen LogP contribution in [0.1, 0.15) is 22.6 Å². The Morgan fingerprint density at radius 1 is 0.875 bits per heavy atom. The molecule has 12 nitrogen and oxygen atoms in total. The molecule has 0 fully saturated rings. The molecule has 3 aromatic rings. The first-order chi connectivity index (χ1) is 14.6. The standard InChI is InChI=1S/C20H20N4O7.H3N/c1-21-15(25)12(16(26)22(2)19(21)28)11-9-7-6-8-10(30-5)14(9)31-18-13(11)17(27)23(3)20(29)24(18)4;/h6-8,11,25H,1-5H3;1H3. The van der Waals surface area contributed by atoms with Gasteiger partial charge in [-0.2, -0.15) is 0 Å². The molecule has 0 aliphatic carbocycles. The fraction of sp³-hybridized carbons (Fsp3) is 0.300. The van der Waals surface area contributed by atoms with E-state index >= 15 is 0 Å². The van der Waals surface area contributed by atoms with Crippen molar-refractivity contribution in [3.63, 3.8) is 0 Å². The summed E-state index contributed by atoms with van der Waals surface area (Å²) in [6.45, 7) is 0. The summed E-state index contributed by atoms with van der Waals surface area (Å²) >= 11 is 0. The zero-order chi connectivity index (χ0) is 22.8. The number of ether oxygens (including phenoxy) is 2. The van der Waals surface area contributed by atoms with Gasteiger partial charge in [0.1, 0.15) is 0 Å². The molecule has 0 saturated carbocycles. The molecular weight excluding hydrogens is 422 g/mol. The first kappa shape index (κ1) is 22.6. The lowest BCUT2D eigenvalue weighted by Crippen LogP contribution is -2.45. The van der Waals surface area contributed by atoms with E-state index in [2.05, 4.69) is 0 Å². The number of para-hydroxylation sites is 1. The Hall–Kier alpha value is -4.06. The summed E-state index contributed by atoms with van der Waals surface area (Å²) in [5.74, 6) is -1.67. The van der Waals surface area contributed by atoms with Crippen LogP contribution >= 0.6 is 0 Å². The third-order valence-electron chi connectivity index (χ3n) is 5.60. The first-order valence-electron chi connectivity index (χ1n) is 9.23. The summed E-state index contributed by atoms with van der Waals surface area (Å²) in [4.78, 5) is 51.0. The molecule has 4 rings (SSSR count). The van der Waals surface area contributed by atoms with E-state index in [4.69, 9.17) is 9.47 Å². The van der Waals surface area contributed by atoms with Gasteiger partial charge in [0.15, 0.2) is 11.5 Å². The molecule has 32 heavy (non-hydrogen) atoms. The second-order valence-electron chi connectivity index (χ2n) is 7.26. The Bertz CT molecular complexity index is 1460. The van der Waals surface area contributed by atoms with Crippen LogP contribution in [0.2, 0.25) is 0 Å². The van der Waals surface area contributed by atoms with Crippen molar-refractivity contribution in [2.75, 3.05) is 7.11 Å². The highest BCUT2D eigenvalue weighted by molar-refractivity contribution is 5.61. The third-order valence-corrected chi connectivity index (χ3v) is 5.60. The van der Waals surface area contributed by atoms with Crippen LogP contribution in [-0.4, -0.2) is 25.4 Å². The monoisotopic (exact) mass is 445 g/mol. The molecule has 0 bridgehead atoms. The molecule has 0 radical (unpaired) electrons. The Morgan fingerprint density at radius 2 is 1.44 bits per heavy atom. The van der Waals surface area contributed by atoms with Gasteiger partial charge in [0.25, 0.3) is 11.1 Å². The maximum absolute atomic E-state index is 13.2. The molecule has 0 amide bonds. The summed E-state index contributed by atoms with van der Waals surface area (Å²) in [5, 5.41) is 13.1. The second kappa shape index (κ2) is 7.57. The maximum Gasteiger partial charge on any atom is 0.333 e. The van der Waals surface area contributed by atoms with Crippen LogP contribution in [0.3, 0.4) is 0 Å². The first-order valence-corrected chi connectivity index (χ1v) is 9.23. The number of hydrogen-bond donors (Lipinski definition) is 1. The number of methoxy groups -OCH3 is 1. The molecule has 0 saturated heterocycles. The van der Waals surface area contributed by atoms with Gasteiger partial charge in [-0.05, 0) is 11.9 Å². The lowest BCUT2D eigenvalue weighted by molar-refractivity contribution is -0.281. The average Bonchev–Trinajstić information content (AvgIpc) is 2.77. The van der Waals surface area contributed by atoms with Crippen molar-refractivity contribution in [2.45, 2.75) is 5.92 Å². The van der Waals surface area contributed by atoms with Crippen molar-refractivity contribution in [1.29, 1.82) is 0 Å². The van der Waals surface area contributed by atoms with E-state index in [9.17, 15) is 24.3 Å². The van der Waals surface area contributed by atoms with Gasteiger partial charge in [-0.25, -0.2) is 9.59 Å². The van der Waals surface area contributed by atoms with E-state index in [1.54, 1.807) is 18.2 Å². The highest BCUT2D eigenvalue weighted by atomic mass is 16.5. The zero-order valence-electron chi connectivity index (χ0n) is 18.5. The maximum atomic E-state index is 13.2. The fourth-order valence-electron chi connectivity index (χ4n) is 3.90. The predicted molar refractivity (Wildman–Crippen MR) is 113 cm³/mol. The van der Waals surface area contributed by atoms with Gasteiger partial charge in [0.2, 0.25) is 5.88 Å². The van der Waals surface area contributed by atoms with Gasteiger partial charge in [-0.3, -0.25) is 23.3 Å². The molecule has 1 unspecified atom stereocenters. The van der Waals surface area contributed by atoms with Gasteiger partial charge in [0, 0.05) is 39.3 Å². The number of benzene rings is 1. The van der Waals surface area contributed by atoms with Gasteiger partial charge in [0.05, 0.1) is 18.6 Å². The number of quaternary nitrogens is 1. The molecule has 12 heteroatoms. The molecule has 0 spiro atoms. The molecular formula is C20H23N5O7. The van der Waals surface area contributed by atoms with Crippen molar-refractivity contribution in [3.8, 4) is 23.3 Å². The van der Waals surface area contributed by atoms with E-state index in [1.807, 2.05) is 0 Å². The van der Waals surface area contributed by atoms with Gasteiger partial charge >= 0.3 is 11.4 Å². The van der Waals surface area contributed by atoms with Gasteiger partial charge < -0.3 is 25.3 Å².